The standard InChI is InChI=1S/C14H14N2O3/c1-2-19-13-5-3-4-11(7-13)16-14(18)10-6-12(17)9-15-8-10/h3-9,17H,2H2,1H3,(H,16,18). The maximum atomic E-state index is 11.9. The molecule has 1 amide bonds. The van der Waals surface area contributed by atoms with E-state index in [1.54, 1.807) is 18.2 Å². The third-order valence-corrected chi connectivity index (χ3v) is 2.39. The van der Waals surface area contributed by atoms with Crippen molar-refractivity contribution in [3.63, 3.8) is 0 Å². The first-order chi connectivity index (χ1) is 9.19. The average Bonchev–Trinajstić information content (AvgIpc) is 2.39. The van der Waals surface area contributed by atoms with Crippen LogP contribution in [0.3, 0.4) is 0 Å². The molecule has 1 heterocycles. The van der Waals surface area contributed by atoms with Crippen LogP contribution in [0, 0.1) is 0 Å². The number of nitrogens with one attached hydrogen (secondary N) is 1. The van der Waals surface area contributed by atoms with Gasteiger partial charge in [0, 0.05) is 18.0 Å². The van der Waals surface area contributed by atoms with E-state index in [0.717, 1.165) is 0 Å². The Morgan fingerprint density at radius 3 is 2.95 bits per heavy atom. The molecule has 5 heteroatoms. The lowest BCUT2D eigenvalue weighted by atomic mass is 10.2. The van der Waals surface area contributed by atoms with Crippen LogP contribution in [0.5, 0.6) is 11.5 Å². The molecular formula is C14H14N2O3. The first-order valence-corrected chi connectivity index (χ1v) is 5.87. The highest BCUT2D eigenvalue weighted by molar-refractivity contribution is 6.04. The Bertz CT molecular complexity index is 584. The maximum Gasteiger partial charge on any atom is 0.257 e. The number of rotatable bonds is 4. The first-order valence-electron chi connectivity index (χ1n) is 5.87. The van der Waals surface area contributed by atoms with E-state index in [9.17, 15) is 9.90 Å². The molecule has 0 aliphatic heterocycles. The first kappa shape index (κ1) is 12.9. The summed E-state index contributed by atoms with van der Waals surface area (Å²) in [6.07, 6.45) is 2.66. The summed E-state index contributed by atoms with van der Waals surface area (Å²) in [6.45, 7) is 2.46. The van der Waals surface area contributed by atoms with Gasteiger partial charge in [0.1, 0.15) is 11.5 Å². The number of ether oxygens (including phenoxy) is 1. The van der Waals surface area contributed by atoms with E-state index in [0.29, 0.717) is 23.6 Å². The lowest BCUT2D eigenvalue weighted by Gasteiger charge is -2.08. The summed E-state index contributed by atoms with van der Waals surface area (Å²) in [5.41, 5.74) is 0.918. The van der Waals surface area contributed by atoms with Gasteiger partial charge >= 0.3 is 0 Å². The van der Waals surface area contributed by atoms with Crippen molar-refractivity contribution in [3.8, 4) is 11.5 Å². The van der Waals surface area contributed by atoms with Gasteiger partial charge in [0.25, 0.3) is 5.91 Å². The minimum atomic E-state index is -0.336. The highest BCUT2D eigenvalue weighted by Crippen LogP contribution is 2.18. The number of amides is 1. The molecule has 0 unspecified atom stereocenters. The van der Waals surface area contributed by atoms with Gasteiger partial charge in [-0.15, -0.1) is 0 Å². The van der Waals surface area contributed by atoms with Crippen molar-refractivity contribution in [2.24, 2.45) is 0 Å². The molecule has 0 radical (unpaired) electrons. The van der Waals surface area contributed by atoms with Crippen molar-refractivity contribution in [3.05, 3.63) is 48.3 Å². The van der Waals surface area contributed by atoms with Crippen molar-refractivity contribution in [2.75, 3.05) is 11.9 Å². The molecule has 98 valence electrons. The fourth-order valence-electron chi connectivity index (χ4n) is 1.59. The van der Waals surface area contributed by atoms with E-state index < -0.39 is 0 Å². The quantitative estimate of drug-likeness (QED) is 0.883. The number of carbonyl (C=O) groups excluding carboxylic acids is 1. The fourth-order valence-corrected chi connectivity index (χ4v) is 1.59. The summed E-state index contributed by atoms with van der Waals surface area (Å²) in [5, 5.41) is 12.0. The molecule has 0 fully saturated rings. The molecule has 0 bridgehead atoms. The Labute approximate surface area is 110 Å². The second kappa shape index (κ2) is 5.86. The van der Waals surface area contributed by atoms with E-state index in [1.807, 2.05) is 13.0 Å². The molecule has 0 saturated carbocycles. The van der Waals surface area contributed by atoms with E-state index in [-0.39, 0.29) is 11.7 Å². The molecule has 0 saturated heterocycles. The Balaban J connectivity index is 2.12. The van der Waals surface area contributed by atoms with Gasteiger partial charge in [0.15, 0.2) is 0 Å². The van der Waals surface area contributed by atoms with Crippen molar-refractivity contribution in [1.82, 2.24) is 4.98 Å². The molecule has 0 aliphatic rings. The molecular weight excluding hydrogens is 244 g/mol. The number of pyridine rings is 1. The number of aromatic nitrogens is 1. The van der Waals surface area contributed by atoms with Gasteiger partial charge in [-0.3, -0.25) is 9.78 Å². The third kappa shape index (κ3) is 3.45. The second-order valence-electron chi connectivity index (χ2n) is 3.85. The Kier molecular flexibility index (Phi) is 3.97. The molecule has 2 rings (SSSR count). The number of nitrogens with zero attached hydrogens (tertiary/aromatic N) is 1. The predicted octanol–water partition coefficient (Wildman–Crippen LogP) is 2.44. The molecule has 0 aliphatic carbocycles. The molecule has 2 N–H and O–H groups in total. The maximum absolute atomic E-state index is 11.9. The zero-order valence-electron chi connectivity index (χ0n) is 10.5. The Hall–Kier alpha value is -2.56. The van der Waals surface area contributed by atoms with Crippen LogP contribution in [0.1, 0.15) is 17.3 Å². The molecule has 1 aromatic carbocycles. The minimum Gasteiger partial charge on any atom is -0.506 e. The molecule has 5 nitrogen and oxygen atoms in total. The highest BCUT2D eigenvalue weighted by atomic mass is 16.5. The lowest BCUT2D eigenvalue weighted by Crippen LogP contribution is -2.12. The van der Waals surface area contributed by atoms with Crippen LogP contribution in [-0.4, -0.2) is 22.6 Å². The highest BCUT2D eigenvalue weighted by Gasteiger charge is 2.07. The zero-order chi connectivity index (χ0) is 13.7. The average molecular weight is 258 g/mol. The van der Waals surface area contributed by atoms with Gasteiger partial charge in [0.2, 0.25) is 0 Å². The summed E-state index contributed by atoms with van der Waals surface area (Å²) in [6, 6.07) is 8.46. The van der Waals surface area contributed by atoms with E-state index >= 15 is 0 Å². The smallest absolute Gasteiger partial charge is 0.257 e. The van der Waals surface area contributed by atoms with Crippen LogP contribution in [-0.2, 0) is 0 Å². The summed E-state index contributed by atoms with van der Waals surface area (Å²) < 4.78 is 5.35. The van der Waals surface area contributed by atoms with Crippen molar-refractivity contribution >= 4 is 11.6 Å². The summed E-state index contributed by atoms with van der Waals surface area (Å²) in [5.74, 6) is 0.307. The SMILES string of the molecule is CCOc1cccc(NC(=O)c2cncc(O)c2)c1. The number of aromatic hydroxyl groups is 1. The van der Waals surface area contributed by atoms with Crippen molar-refractivity contribution < 1.29 is 14.6 Å². The van der Waals surface area contributed by atoms with Gasteiger partial charge in [-0.1, -0.05) is 6.07 Å². The monoisotopic (exact) mass is 258 g/mol. The summed E-state index contributed by atoms with van der Waals surface area (Å²) in [4.78, 5) is 15.7. The molecule has 19 heavy (non-hydrogen) atoms. The van der Waals surface area contributed by atoms with Gasteiger partial charge < -0.3 is 15.2 Å². The molecule has 1 aromatic heterocycles. The minimum absolute atomic E-state index is 0.0456. The number of hydrogen-bond acceptors (Lipinski definition) is 4. The van der Waals surface area contributed by atoms with Gasteiger partial charge in [0.05, 0.1) is 18.4 Å². The molecule has 0 spiro atoms. The van der Waals surface area contributed by atoms with Gasteiger partial charge in [-0.05, 0) is 25.1 Å². The van der Waals surface area contributed by atoms with Gasteiger partial charge in [-0.25, -0.2) is 0 Å². The normalized spacial score (nSPS) is 9.95. The number of benzene rings is 1. The van der Waals surface area contributed by atoms with Crippen molar-refractivity contribution in [2.45, 2.75) is 6.92 Å². The predicted molar refractivity (Wildman–Crippen MR) is 71.5 cm³/mol. The van der Waals surface area contributed by atoms with Crippen LogP contribution in [0.2, 0.25) is 0 Å². The third-order valence-electron chi connectivity index (χ3n) is 2.39. The summed E-state index contributed by atoms with van der Waals surface area (Å²) in [7, 11) is 0. The van der Waals surface area contributed by atoms with Crippen molar-refractivity contribution in [1.29, 1.82) is 0 Å². The Morgan fingerprint density at radius 2 is 2.21 bits per heavy atom. The molecule has 2 aromatic rings. The van der Waals surface area contributed by atoms with Gasteiger partial charge in [-0.2, -0.15) is 0 Å². The largest absolute Gasteiger partial charge is 0.506 e. The van der Waals surface area contributed by atoms with Crippen LogP contribution in [0.4, 0.5) is 5.69 Å². The number of carbonyl (C=O) groups is 1. The van der Waals surface area contributed by atoms with Crippen LogP contribution < -0.4 is 10.1 Å². The number of hydrogen-bond donors (Lipinski definition) is 2. The fraction of sp³-hybridized carbons (Fsp3) is 0.143. The van der Waals surface area contributed by atoms with Crippen LogP contribution >= 0.6 is 0 Å². The van der Waals surface area contributed by atoms with Crippen LogP contribution in [0.15, 0.2) is 42.7 Å². The number of anilines is 1. The Morgan fingerprint density at radius 1 is 1.37 bits per heavy atom. The molecule has 0 atom stereocenters. The van der Waals surface area contributed by atoms with Crippen LogP contribution in [0.25, 0.3) is 0 Å². The van der Waals surface area contributed by atoms with E-state index in [2.05, 4.69) is 10.3 Å². The van der Waals surface area contributed by atoms with E-state index in [4.69, 9.17) is 4.74 Å². The zero-order valence-corrected chi connectivity index (χ0v) is 10.5. The lowest BCUT2D eigenvalue weighted by molar-refractivity contribution is 0.102. The topological polar surface area (TPSA) is 71.5 Å². The summed E-state index contributed by atoms with van der Waals surface area (Å²) >= 11 is 0. The van der Waals surface area contributed by atoms with E-state index in [1.165, 1.54) is 18.5 Å². The second-order valence-corrected chi connectivity index (χ2v) is 3.85.